The Bertz CT molecular complexity index is 1640. The number of hydrogen-bond donors (Lipinski definition) is 3. The fraction of sp³-hybridized carbons (Fsp3) is 0.937. The molecule has 2 unspecified atom stereocenters. The van der Waals surface area contributed by atoms with Crippen LogP contribution in [0.5, 0.6) is 0 Å². The van der Waals surface area contributed by atoms with Crippen LogP contribution in [0.1, 0.15) is 299 Å². The third-order valence-electron chi connectivity index (χ3n) is 14.3. The number of carbonyl (C=O) groups excluding carboxylic acids is 4. The zero-order chi connectivity index (χ0) is 61.1. The molecule has 0 aliphatic carbocycles. The summed E-state index contributed by atoms with van der Waals surface area (Å²) in [6, 6.07) is 0. The summed E-state index contributed by atoms with van der Waals surface area (Å²) in [5.41, 5.74) is 0. The van der Waals surface area contributed by atoms with Gasteiger partial charge >= 0.3 is 39.5 Å². The van der Waals surface area contributed by atoms with Gasteiger partial charge in [0.1, 0.15) is 19.3 Å². The van der Waals surface area contributed by atoms with Crippen LogP contribution in [0.3, 0.4) is 0 Å². The number of phosphoric ester groups is 2. The van der Waals surface area contributed by atoms with E-state index in [4.69, 9.17) is 37.0 Å². The zero-order valence-corrected chi connectivity index (χ0v) is 54.9. The second-order valence-electron chi connectivity index (χ2n) is 24.7. The van der Waals surface area contributed by atoms with Crippen molar-refractivity contribution >= 4 is 39.5 Å². The van der Waals surface area contributed by atoms with Gasteiger partial charge in [0.15, 0.2) is 12.2 Å². The van der Waals surface area contributed by atoms with Crippen molar-refractivity contribution in [2.45, 2.75) is 318 Å². The minimum Gasteiger partial charge on any atom is -0.462 e. The number of aliphatic hydroxyl groups is 1. The molecule has 486 valence electrons. The third-order valence-corrected chi connectivity index (χ3v) is 16.2. The average molecular weight is 1210 g/mol. The Kier molecular flexibility index (Phi) is 52.0. The van der Waals surface area contributed by atoms with E-state index in [9.17, 15) is 43.2 Å². The normalized spacial score (nSPS) is 14.5. The van der Waals surface area contributed by atoms with Crippen LogP contribution in [0.2, 0.25) is 0 Å². The second-order valence-corrected chi connectivity index (χ2v) is 27.6. The van der Waals surface area contributed by atoms with Crippen LogP contribution in [0.4, 0.5) is 0 Å². The van der Waals surface area contributed by atoms with Crippen molar-refractivity contribution in [1.29, 1.82) is 0 Å². The molecule has 0 aromatic carbocycles. The topological polar surface area (TPSA) is 237 Å². The molecule has 0 aliphatic heterocycles. The highest BCUT2D eigenvalue weighted by Gasteiger charge is 2.30. The van der Waals surface area contributed by atoms with Crippen LogP contribution in [0.25, 0.3) is 0 Å². The molecule has 82 heavy (non-hydrogen) atoms. The molecule has 0 aromatic heterocycles. The van der Waals surface area contributed by atoms with Gasteiger partial charge in [-0.1, -0.05) is 248 Å². The van der Waals surface area contributed by atoms with Gasteiger partial charge in [0.2, 0.25) is 0 Å². The number of rotatable bonds is 60. The van der Waals surface area contributed by atoms with E-state index in [1.54, 1.807) is 0 Å². The third kappa shape index (κ3) is 57.2. The first-order valence-corrected chi connectivity index (χ1v) is 35.7. The Labute approximate surface area is 498 Å². The fourth-order valence-corrected chi connectivity index (χ4v) is 10.8. The van der Waals surface area contributed by atoms with E-state index >= 15 is 0 Å². The molecule has 0 spiro atoms. The standard InChI is InChI=1S/C63H122O17P2/c1-53(2)39-31-23-15-10-9-11-18-27-35-43-60(65)73-49-58(79-62(67)45-37-29-19-13-12-16-24-32-40-54(3)4)51-77-81(69,70)75-47-57(64)48-76-82(71,72)78-52-59(50-74-61(66)44-36-28-22-21-26-34-42-56(7)8)80-63(68)46-38-30-20-14-17-25-33-41-55(5)6/h53-59,64H,9-52H2,1-8H3,(H,69,70)(H,71,72)/t57-,58-,59-/m1/s1. The van der Waals surface area contributed by atoms with E-state index in [1.165, 1.54) is 96.3 Å². The average Bonchev–Trinajstić information content (AvgIpc) is 3.43. The van der Waals surface area contributed by atoms with Crippen LogP contribution in [0, 0.1) is 23.7 Å². The largest absolute Gasteiger partial charge is 0.472 e. The van der Waals surface area contributed by atoms with Crippen molar-refractivity contribution in [3.05, 3.63) is 0 Å². The first-order chi connectivity index (χ1) is 39.1. The molecule has 0 heterocycles. The summed E-state index contributed by atoms with van der Waals surface area (Å²) >= 11 is 0. The molecule has 0 aliphatic rings. The SMILES string of the molecule is CC(C)CCCCCCCCCCCC(=O)OC[C@H](COP(=O)(O)OC[C@@H](O)COP(=O)(O)OC[C@@H](COC(=O)CCCCCCCCC(C)C)OC(=O)CCCCCCCCCC(C)C)OC(=O)CCCCCCCCCCC(C)C. The van der Waals surface area contributed by atoms with E-state index < -0.39 is 97.5 Å². The maximum atomic E-state index is 13.0. The van der Waals surface area contributed by atoms with E-state index in [0.29, 0.717) is 37.5 Å². The fourth-order valence-electron chi connectivity index (χ4n) is 9.25. The molecule has 3 N–H and O–H groups in total. The lowest BCUT2D eigenvalue weighted by Crippen LogP contribution is -2.30. The number of aliphatic hydroxyl groups excluding tert-OH is 1. The van der Waals surface area contributed by atoms with Crippen LogP contribution in [-0.4, -0.2) is 96.7 Å². The van der Waals surface area contributed by atoms with E-state index in [1.807, 2.05) is 0 Å². The first-order valence-electron chi connectivity index (χ1n) is 32.7. The maximum absolute atomic E-state index is 13.0. The summed E-state index contributed by atoms with van der Waals surface area (Å²) in [4.78, 5) is 72.1. The molecule has 5 atom stereocenters. The van der Waals surface area contributed by atoms with Crippen molar-refractivity contribution < 1.29 is 80.2 Å². The molecule has 0 bridgehead atoms. The van der Waals surface area contributed by atoms with Crippen molar-refractivity contribution in [2.24, 2.45) is 23.7 Å². The van der Waals surface area contributed by atoms with E-state index in [0.717, 1.165) is 108 Å². The van der Waals surface area contributed by atoms with Crippen LogP contribution < -0.4 is 0 Å². The minimum atomic E-state index is -4.94. The highest BCUT2D eigenvalue weighted by Crippen LogP contribution is 2.45. The highest BCUT2D eigenvalue weighted by atomic mass is 31.2. The molecule has 0 radical (unpaired) electrons. The molecule has 0 aromatic rings. The van der Waals surface area contributed by atoms with Gasteiger partial charge in [-0.3, -0.25) is 37.3 Å². The van der Waals surface area contributed by atoms with E-state index in [2.05, 4.69) is 55.4 Å². The molecule has 0 fully saturated rings. The van der Waals surface area contributed by atoms with Crippen molar-refractivity contribution in [1.82, 2.24) is 0 Å². The van der Waals surface area contributed by atoms with Gasteiger partial charge in [0.05, 0.1) is 26.4 Å². The van der Waals surface area contributed by atoms with Gasteiger partial charge < -0.3 is 33.8 Å². The molecular formula is C63H122O17P2. The summed E-state index contributed by atoms with van der Waals surface area (Å²) in [7, 11) is -9.89. The van der Waals surface area contributed by atoms with Gasteiger partial charge in [0.25, 0.3) is 0 Å². The Morgan fingerprint density at radius 2 is 0.512 bits per heavy atom. The zero-order valence-electron chi connectivity index (χ0n) is 53.1. The van der Waals surface area contributed by atoms with Gasteiger partial charge in [0, 0.05) is 25.7 Å². The maximum Gasteiger partial charge on any atom is 0.472 e. The van der Waals surface area contributed by atoms with Gasteiger partial charge in [-0.2, -0.15) is 0 Å². The minimum absolute atomic E-state index is 0.102. The molecule has 0 rings (SSSR count). The lowest BCUT2D eigenvalue weighted by atomic mass is 10.0. The lowest BCUT2D eigenvalue weighted by Gasteiger charge is -2.21. The molecule has 0 saturated heterocycles. The van der Waals surface area contributed by atoms with Crippen molar-refractivity contribution in [2.75, 3.05) is 39.6 Å². The molecular weight excluding hydrogens is 1090 g/mol. The first kappa shape index (κ1) is 80.1. The number of esters is 4. The Morgan fingerprint density at radius 1 is 0.305 bits per heavy atom. The lowest BCUT2D eigenvalue weighted by molar-refractivity contribution is -0.161. The Hall–Kier alpha value is -1.94. The number of ether oxygens (including phenoxy) is 4. The monoisotopic (exact) mass is 1210 g/mol. The summed E-state index contributed by atoms with van der Waals surface area (Å²) in [5, 5.41) is 10.5. The summed E-state index contributed by atoms with van der Waals surface area (Å²) in [6.45, 7) is 13.9. The number of unbranched alkanes of at least 4 members (excludes halogenated alkanes) is 26. The van der Waals surface area contributed by atoms with Crippen molar-refractivity contribution in [3.63, 3.8) is 0 Å². The molecule has 0 amide bonds. The summed E-state index contributed by atoms with van der Waals surface area (Å²) < 4.78 is 67.9. The Balaban J connectivity index is 5.25. The number of phosphoric acid groups is 2. The number of hydrogen-bond acceptors (Lipinski definition) is 15. The van der Waals surface area contributed by atoms with Crippen LogP contribution >= 0.6 is 15.6 Å². The summed E-state index contributed by atoms with van der Waals surface area (Å²) in [5.74, 6) is 0.693. The van der Waals surface area contributed by atoms with Gasteiger partial charge in [-0.25, -0.2) is 9.13 Å². The van der Waals surface area contributed by atoms with Gasteiger partial charge in [-0.05, 0) is 49.4 Å². The number of carbonyl (C=O) groups is 4. The predicted molar refractivity (Wildman–Crippen MR) is 326 cm³/mol. The van der Waals surface area contributed by atoms with Crippen LogP contribution in [-0.2, 0) is 65.4 Å². The smallest absolute Gasteiger partial charge is 0.462 e. The molecule has 17 nitrogen and oxygen atoms in total. The predicted octanol–water partition coefficient (Wildman–Crippen LogP) is 17.0. The van der Waals surface area contributed by atoms with Gasteiger partial charge in [-0.15, -0.1) is 0 Å². The molecule has 0 saturated carbocycles. The van der Waals surface area contributed by atoms with E-state index in [-0.39, 0.29) is 25.7 Å². The Morgan fingerprint density at radius 3 is 0.756 bits per heavy atom. The van der Waals surface area contributed by atoms with Crippen LogP contribution in [0.15, 0.2) is 0 Å². The highest BCUT2D eigenvalue weighted by molar-refractivity contribution is 7.47. The molecule has 19 heteroatoms. The second kappa shape index (κ2) is 53.3. The van der Waals surface area contributed by atoms with Crippen molar-refractivity contribution in [3.8, 4) is 0 Å². The summed E-state index contributed by atoms with van der Waals surface area (Å²) in [6.07, 6.45) is 32.4. The quantitative estimate of drug-likeness (QED) is 0.0222.